The fraction of sp³-hybridized carbons (Fsp3) is 0.207. The Morgan fingerprint density at radius 2 is 1.69 bits per heavy atom. The molecule has 0 unspecified atom stereocenters. The Bertz CT molecular complexity index is 1470. The standard InChI is InChI=1S/C29H29F2N5O3/c1-18(2)35(29(38)32-25-15-10-21(30)16-24(25)31)17-26(37)33-28-27(20-8-6-5-7-9-20)19(3)34-36(28)22-11-13-23(39-4)14-12-22/h5-16,18H,17H2,1-4H3,(H,32,38)(H,33,37). The van der Waals surface area contributed by atoms with E-state index in [0.29, 0.717) is 29.0 Å². The largest absolute Gasteiger partial charge is 0.497 e. The van der Waals surface area contributed by atoms with Crippen molar-refractivity contribution in [1.82, 2.24) is 14.7 Å². The summed E-state index contributed by atoms with van der Waals surface area (Å²) in [5.41, 5.74) is 2.79. The number of rotatable bonds is 8. The first-order valence-corrected chi connectivity index (χ1v) is 12.3. The zero-order valence-corrected chi connectivity index (χ0v) is 22.0. The van der Waals surface area contributed by atoms with Gasteiger partial charge < -0.3 is 20.3 Å². The number of ether oxygens (including phenoxy) is 1. The second kappa shape index (κ2) is 11.8. The Kier molecular flexibility index (Phi) is 8.24. The van der Waals surface area contributed by atoms with Gasteiger partial charge in [0.15, 0.2) is 0 Å². The molecule has 0 radical (unpaired) electrons. The molecule has 0 aliphatic heterocycles. The van der Waals surface area contributed by atoms with Crippen LogP contribution in [0.3, 0.4) is 0 Å². The van der Waals surface area contributed by atoms with Gasteiger partial charge in [0.2, 0.25) is 5.91 Å². The van der Waals surface area contributed by atoms with E-state index in [1.807, 2.05) is 49.4 Å². The van der Waals surface area contributed by atoms with Crippen molar-refractivity contribution in [3.05, 3.63) is 90.1 Å². The Balaban J connectivity index is 1.64. The van der Waals surface area contributed by atoms with Crippen LogP contribution in [0.15, 0.2) is 72.8 Å². The molecule has 0 aliphatic carbocycles. The summed E-state index contributed by atoms with van der Waals surface area (Å²) in [5.74, 6) is -1.05. The van der Waals surface area contributed by atoms with Gasteiger partial charge in [-0.15, -0.1) is 0 Å². The lowest BCUT2D eigenvalue weighted by Crippen LogP contribution is -2.44. The van der Waals surface area contributed by atoms with Crippen LogP contribution in [-0.2, 0) is 4.79 Å². The molecule has 1 aromatic heterocycles. The number of benzene rings is 3. The van der Waals surface area contributed by atoms with Crippen LogP contribution in [0, 0.1) is 18.6 Å². The van der Waals surface area contributed by atoms with Crippen LogP contribution in [0.2, 0.25) is 0 Å². The van der Waals surface area contributed by atoms with Gasteiger partial charge in [0.1, 0.15) is 29.7 Å². The Labute approximate surface area is 225 Å². The minimum atomic E-state index is -0.914. The number of methoxy groups -OCH3 is 1. The third-order valence-corrected chi connectivity index (χ3v) is 6.07. The molecule has 2 N–H and O–H groups in total. The zero-order chi connectivity index (χ0) is 28.1. The van der Waals surface area contributed by atoms with Crippen LogP contribution in [0.25, 0.3) is 16.8 Å². The lowest BCUT2D eigenvalue weighted by molar-refractivity contribution is -0.117. The molecule has 202 valence electrons. The highest BCUT2D eigenvalue weighted by Crippen LogP contribution is 2.33. The van der Waals surface area contributed by atoms with Crippen LogP contribution in [0.1, 0.15) is 19.5 Å². The Morgan fingerprint density at radius 1 is 1.00 bits per heavy atom. The third kappa shape index (κ3) is 6.23. The maximum Gasteiger partial charge on any atom is 0.322 e. The van der Waals surface area contributed by atoms with Gasteiger partial charge in [-0.2, -0.15) is 5.10 Å². The summed E-state index contributed by atoms with van der Waals surface area (Å²) in [7, 11) is 1.58. The number of carbonyl (C=O) groups is 2. The second-order valence-electron chi connectivity index (χ2n) is 9.11. The SMILES string of the molecule is COc1ccc(-n2nc(C)c(-c3ccccc3)c2NC(=O)CN(C(=O)Nc2ccc(F)cc2F)C(C)C)cc1. The van der Waals surface area contributed by atoms with Gasteiger partial charge in [-0.1, -0.05) is 30.3 Å². The molecule has 8 nitrogen and oxygen atoms in total. The molecule has 0 saturated carbocycles. The van der Waals surface area contributed by atoms with Crippen LogP contribution < -0.4 is 15.4 Å². The molecule has 0 spiro atoms. The van der Waals surface area contributed by atoms with Crippen LogP contribution in [0.4, 0.5) is 25.1 Å². The first-order chi connectivity index (χ1) is 18.7. The first-order valence-electron chi connectivity index (χ1n) is 12.3. The van der Waals surface area contributed by atoms with Gasteiger partial charge in [-0.05, 0) is 62.7 Å². The number of nitrogens with zero attached hydrogens (tertiary/aromatic N) is 3. The van der Waals surface area contributed by atoms with Crippen LogP contribution in [-0.4, -0.2) is 46.3 Å². The predicted molar refractivity (Wildman–Crippen MR) is 146 cm³/mol. The van der Waals surface area contributed by atoms with E-state index in [4.69, 9.17) is 4.74 Å². The number of anilines is 2. The normalized spacial score (nSPS) is 10.8. The average molecular weight is 534 g/mol. The highest BCUT2D eigenvalue weighted by atomic mass is 19.1. The van der Waals surface area contributed by atoms with Crippen molar-refractivity contribution in [2.45, 2.75) is 26.8 Å². The summed E-state index contributed by atoms with van der Waals surface area (Å²) in [4.78, 5) is 27.6. The average Bonchev–Trinajstić information content (AvgIpc) is 3.24. The molecule has 3 aromatic carbocycles. The molecule has 10 heteroatoms. The topological polar surface area (TPSA) is 88.5 Å². The molecule has 0 fully saturated rings. The van der Waals surface area contributed by atoms with Crippen LogP contribution >= 0.6 is 0 Å². The number of aromatic nitrogens is 2. The molecule has 3 amide bonds. The summed E-state index contributed by atoms with van der Waals surface area (Å²) in [6, 6.07) is 18.5. The quantitative estimate of drug-likeness (QED) is 0.290. The molecule has 4 rings (SSSR count). The van der Waals surface area contributed by atoms with Crippen molar-refractivity contribution in [1.29, 1.82) is 0 Å². The molecule has 39 heavy (non-hydrogen) atoms. The zero-order valence-electron chi connectivity index (χ0n) is 22.0. The molecule has 4 aromatic rings. The summed E-state index contributed by atoms with van der Waals surface area (Å²) in [6.07, 6.45) is 0. The summed E-state index contributed by atoms with van der Waals surface area (Å²) in [5, 5.41) is 10.0. The van der Waals surface area contributed by atoms with Crippen molar-refractivity contribution in [3.63, 3.8) is 0 Å². The van der Waals surface area contributed by atoms with Crippen molar-refractivity contribution in [3.8, 4) is 22.6 Å². The third-order valence-electron chi connectivity index (χ3n) is 6.07. The highest BCUT2D eigenvalue weighted by molar-refractivity contribution is 5.99. The number of nitrogens with one attached hydrogen (secondary N) is 2. The lowest BCUT2D eigenvalue weighted by Gasteiger charge is -2.26. The predicted octanol–water partition coefficient (Wildman–Crippen LogP) is 6.02. The monoisotopic (exact) mass is 533 g/mol. The minimum absolute atomic E-state index is 0.188. The van der Waals surface area contributed by atoms with E-state index < -0.39 is 29.6 Å². The van der Waals surface area contributed by atoms with Gasteiger partial charge in [-0.25, -0.2) is 18.3 Å². The van der Waals surface area contributed by atoms with E-state index in [2.05, 4.69) is 15.7 Å². The van der Waals surface area contributed by atoms with Gasteiger partial charge in [0, 0.05) is 17.7 Å². The lowest BCUT2D eigenvalue weighted by atomic mass is 10.1. The Hall–Kier alpha value is -4.73. The van der Waals surface area contributed by atoms with Crippen LogP contribution in [0.5, 0.6) is 5.75 Å². The molecule has 0 saturated heterocycles. The van der Waals surface area contributed by atoms with Crippen molar-refractivity contribution < 1.29 is 23.1 Å². The van der Waals surface area contributed by atoms with E-state index in [-0.39, 0.29) is 12.2 Å². The van der Waals surface area contributed by atoms with Crippen molar-refractivity contribution in [2.24, 2.45) is 0 Å². The number of hydrogen-bond acceptors (Lipinski definition) is 4. The van der Waals surface area contributed by atoms with Gasteiger partial charge in [0.25, 0.3) is 0 Å². The maximum atomic E-state index is 14.1. The van der Waals surface area contributed by atoms with Gasteiger partial charge in [-0.3, -0.25) is 4.79 Å². The molecule has 0 aliphatic rings. The highest BCUT2D eigenvalue weighted by Gasteiger charge is 2.25. The molecular weight excluding hydrogens is 504 g/mol. The number of urea groups is 1. The molecule has 0 atom stereocenters. The van der Waals surface area contributed by atoms with E-state index in [1.54, 1.807) is 37.8 Å². The van der Waals surface area contributed by atoms with Crippen molar-refractivity contribution in [2.75, 3.05) is 24.3 Å². The maximum absolute atomic E-state index is 14.1. The van der Waals surface area contributed by atoms with E-state index in [9.17, 15) is 18.4 Å². The fourth-order valence-electron chi connectivity index (χ4n) is 4.10. The number of aryl methyl sites for hydroxylation is 1. The van der Waals surface area contributed by atoms with Gasteiger partial charge >= 0.3 is 6.03 Å². The van der Waals surface area contributed by atoms with E-state index in [1.165, 1.54) is 4.90 Å². The van der Waals surface area contributed by atoms with E-state index >= 15 is 0 Å². The molecular formula is C29H29F2N5O3. The number of hydrogen-bond donors (Lipinski definition) is 2. The Morgan fingerprint density at radius 3 is 2.31 bits per heavy atom. The first kappa shape index (κ1) is 27.3. The van der Waals surface area contributed by atoms with E-state index in [0.717, 1.165) is 23.3 Å². The molecule has 0 bridgehead atoms. The number of amides is 3. The van der Waals surface area contributed by atoms with Gasteiger partial charge in [0.05, 0.1) is 24.2 Å². The minimum Gasteiger partial charge on any atom is -0.497 e. The molecule has 1 heterocycles. The van der Waals surface area contributed by atoms with Crippen molar-refractivity contribution >= 4 is 23.4 Å². The second-order valence-corrected chi connectivity index (χ2v) is 9.11. The summed E-state index contributed by atoms with van der Waals surface area (Å²) >= 11 is 0. The summed E-state index contributed by atoms with van der Waals surface area (Å²) < 4.78 is 34.3. The summed E-state index contributed by atoms with van der Waals surface area (Å²) in [6.45, 7) is 4.99. The fourth-order valence-corrected chi connectivity index (χ4v) is 4.10. The smallest absolute Gasteiger partial charge is 0.322 e. The number of halogens is 2. The number of carbonyl (C=O) groups excluding carboxylic acids is 2.